The summed E-state index contributed by atoms with van der Waals surface area (Å²) in [4.78, 5) is 13.8. The summed E-state index contributed by atoms with van der Waals surface area (Å²) in [6, 6.07) is 7.11. The number of aliphatic hydroxyl groups is 4. The Labute approximate surface area is 160 Å². The van der Waals surface area contributed by atoms with Crippen LogP contribution in [0.25, 0.3) is 0 Å². The van der Waals surface area contributed by atoms with Crippen LogP contribution in [0.1, 0.15) is 32.8 Å². The average molecular weight is 380 g/mol. The highest BCUT2D eigenvalue weighted by Gasteiger charge is 2.40. The molecule has 1 aromatic rings. The lowest BCUT2D eigenvalue weighted by molar-refractivity contribution is -0.145. The fourth-order valence-electron chi connectivity index (χ4n) is 3.20. The van der Waals surface area contributed by atoms with E-state index in [4.69, 9.17) is 0 Å². The predicted octanol–water partition coefficient (Wildman–Crippen LogP) is 0.363. The number of hydrogen-bond donors (Lipinski definition) is 5. The number of aliphatic hydroxyl groups excluding tert-OH is 4. The van der Waals surface area contributed by atoms with Gasteiger partial charge in [0.1, 0.15) is 12.2 Å². The number of likely N-dealkylation sites (tertiary alicyclic amines) is 1. The molecule has 1 aromatic carbocycles. The number of carbonyl (C=O) groups excluding carboxylic acids is 1. The van der Waals surface area contributed by atoms with Crippen molar-refractivity contribution in [2.45, 2.75) is 58.0 Å². The van der Waals surface area contributed by atoms with Crippen molar-refractivity contribution in [3.8, 4) is 0 Å². The molecule has 27 heavy (non-hydrogen) atoms. The summed E-state index contributed by atoms with van der Waals surface area (Å²) in [6.07, 6.45) is -1.84. The summed E-state index contributed by atoms with van der Waals surface area (Å²) in [5, 5.41) is 42.0. The number of aryl methyl sites for hydroxylation is 1. The molecule has 5 N–H and O–H groups in total. The van der Waals surface area contributed by atoms with E-state index in [0.717, 1.165) is 24.1 Å². The van der Waals surface area contributed by atoms with Crippen molar-refractivity contribution in [1.82, 2.24) is 4.90 Å². The molecule has 0 bridgehead atoms. The number of nitrogens with zero attached hydrogens (tertiary/aromatic N) is 1. The molecule has 1 heterocycles. The molecule has 1 fully saturated rings. The summed E-state index contributed by atoms with van der Waals surface area (Å²) >= 11 is 0. The van der Waals surface area contributed by atoms with Gasteiger partial charge in [0.25, 0.3) is 0 Å². The van der Waals surface area contributed by atoms with Gasteiger partial charge in [-0.05, 0) is 37.1 Å². The van der Waals surface area contributed by atoms with E-state index in [1.54, 1.807) is 0 Å². The Balaban J connectivity index is 1.85. The molecule has 1 amide bonds. The van der Waals surface area contributed by atoms with Gasteiger partial charge < -0.3 is 25.7 Å². The third-order valence-electron chi connectivity index (χ3n) is 5.02. The van der Waals surface area contributed by atoms with Crippen molar-refractivity contribution in [2.24, 2.45) is 5.41 Å². The Hall–Kier alpha value is -1.51. The van der Waals surface area contributed by atoms with Gasteiger partial charge in [0.15, 0.2) is 0 Å². The first-order chi connectivity index (χ1) is 12.6. The number of nitrogens with one attached hydrogen (secondary N) is 1. The predicted molar refractivity (Wildman–Crippen MR) is 103 cm³/mol. The van der Waals surface area contributed by atoms with E-state index >= 15 is 0 Å². The maximum Gasteiger partial charge on any atom is 0.229 e. The second-order valence-electron chi connectivity index (χ2n) is 8.30. The lowest BCUT2D eigenvalue weighted by atomic mass is 9.94. The molecule has 0 aliphatic carbocycles. The summed E-state index contributed by atoms with van der Waals surface area (Å²) < 4.78 is 0. The van der Waals surface area contributed by atoms with E-state index in [2.05, 4.69) is 5.32 Å². The molecule has 1 saturated heterocycles. The zero-order chi connectivity index (χ0) is 20.2. The van der Waals surface area contributed by atoms with E-state index in [9.17, 15) is 25.2 Å². The first-order valence-electron chi connectivity index (χ1n) is 9.43. The van der Waals surface area contributed by atoms with Crippen molar-refractivity contribution in [3.63, 3.8) is 0 Å². The van der Waals surface area contributed by atoms with Gasteiger partial charge in [0.2, 0.25) is 5.91 Å². The first-order valence-corrected chi connectivity index (χ1v) is 9.43. The number of piperidine rings is 1. The molecule has 0 spiro atoms. The molecular formula is C20H32N2O5. The molecule has 0 radical (unpaired) electrons. The number of carbonyl (C=O) groups is 1. The fourth-order valence-corrected chi connectivity index (χ4v) is 3.20. The van der Waals surface area contributed by atoms with E-state index in [0.29, 0.717) is 6.54 Å². The van der Waals surface area contributed by atoms with Crippen LogP contribution in [0.3, 0.4) is 0 Å². The molecule has 0 aromatic heterocycles. The van der Waals surface area contributed by atoms with Gasteiger partial charge in [0, 0.05) is 17.6 Å². The van der Waals surface area contributed by atoms with E-state index < -0.39 is 29.8 Å². The Bertz CT molecular complexity index is 614. The van der Waals surface area contributed by atoms with Crippen LogP contribution in [0.4, 0.5) is 5.69 Å². The van der Waals surface area contributed by atoms with Crippen LogP contribution in [0, 0.1) is 5.41 Å². The first kappa shape index (κ1) is 21.8. The van der Waals surface area contributed by atoms with Gasteiger partial charge >= 0.3 is 0 Å². The van der Waals surface area contributed by atoms with Crippen LogP contribution in [-0.4, -0.2) is 75.3 Å². The topological polar surface area (TPSA) is 113 Å². The second-order valence-corrected chi connectivity index (χ2v) is 8.30. The summed E-state index contributed by atoms with van der Waals surface area (Å²) in [7, 11) is 0. The fraction of sp³-hybridized carbons (Fsp3) is 0.650. The van der Waals surface area contributed by atoms with Crippen LogP contribution in [0.5, 0.6) is 0 Å². The van der Waals surface area contributed by atoms with Crippen molar-refractivity contribution >= 4 is 11.6 Å². The minimum Gasteiger partial charge on any atom is -0.395 e. The second kappa shape index (κ2) is 9.12. The van der Waals surface area contributed by atoms with Gasteiger partial charge in [-0.2, -0.15) is 0 Å². The lowest BCUT2D eigenvalue weighted by Crippen LogP contribution is -2.62. The summed E-state index contributed by atoms with van der Waals surface area (Å²) in [6.45, 7) is 6.14. The number of amides is 1. The standard InChI is InChI=1S/C20H32N2O5/c1-20(2,3)19(27)21-14-8-6-13(7-9-14)5-4-10-22-11-16(24)18(26)17(25)15(22)12-23/h6-9,15-18,23-26H,4-5,10-12H2,1-3H3,(H,21,27). The molecule has 4 atom stereocenters. The van der Waals surface area contributed by atoms with Crippen LogP contribution < -0.4 is 5.32 Å². The van der Waals surface area contributed by atoms with Gasteiger partial charge in [-0.25, -0.2) is 0 Å². The molecule has 1 aliphatic heterocycles. The van der Waals surface area contributed by atoms with Gasteiger partial charge in [-0.1, -0.05) is 32.9 Å². The zero-order valence-corrected chi connectivity index (χ0v) is 16.3. The summed E-state index contributed by atoms with van der Waals surface area (Å²) in [5.74, 6) is -0.0327. The van der Waals surface area contributed by atoms with Crippen LogP contribution in [0.15, 0.2) is 24.3 Å². The number of benzene rings is 1. The average Bonchev–Trinajstić information content (AvgIpc) is 2.60. The minimum atomic E-state index is -1.23. The van der Waals surface area contributed by atoms with Crippen LogP contribution >= 0.6 is 0 Å². The maximum absolute atomic E-state index is 12.0. The highest BCUT2D eigenvalue weighted by molar-refractivity contribution is 5.94. The maximum atomic E-state index is 12.0. The lowest BCUT2D eigenvalue weighted by Gasteiger charge is -2.43. The van der Waals surface area contributed by atoms with Crippen molar-refractivity contribution in [2.75, 3.05) is 25.0 Å². The quantitative estimate of drug-likeness (QED) is 0.487. The SMILES string of the molecule is CC(C)(C)C(=O)Nc1ccc(CCCN2CC(O)C(O)C(O)C2CO)cc1. The number of β-amino-alcohol motifs (C(OH)–C–C–N with tert-alkyl or cyclic N) is 1. The summed E-state index contributed by atoms with van der Waals surface area (Å²) in [5.41, 5.74) is 1.43. The molecule has 0 saturated carbocycles. The molecule has 1 aliphatic rings. The van der Waals surface area contributed by atoms with Gasteiger partial charge in [-0.15, -0.1) is 0 Å². The smallest absolute Gasteiger partial charge is 0.229 e. The highest BCUT2D eigenvalue weighted by Crippen LogP contribution is 2.21. The third kappa shape index (κ3) is 5.73. The molecular weight excluding hydrogens is 348 g/mol. The Morgan fingerprint density at radius 1 is 1.15 bits per heavy atom. The van der Waals surface area contributed by atoms with Crippen LogP contribution in [-0.2, 0) is 11.2 Å². The van der Waals surface area contributed by atoms with Crippen molar-refractivity contribution in [1.29, 1.82) is 0 Å². The molecule has 4 unspecified atom stereocenters. The number of rotatable bonds is 6. The monoisotopic (exact) mass is 380 g/mol. The largest absolute Gasteiger partial charge is 0.395 e. The van der Waals surface area contributed by atoms with Gasteiger partial charge in [-0.3, -0.25) is 9.69 Å². The normalized spacial score (nSPS) is 26.8. The highest BCUT2D eigenvalue weighted by atomic mass is 16.4. The van der Waals surface area contributed by atoms with Gasteiger partial charge in [0.05, 0.1) is 18.8 Å². The molecule has 7 heteroatoms. The van der Waals surface area contributed by atoms with Crippen molar-refractivity contribution in [3.05, 3.63) is 29.8 Å². The zero-order valence-electron chi connectivity index (χ0n) is 16.3. The minimum absolute atomic E-state index is 0.0327. The Morgan fingerprint density at radius 2 is 1.78 bits per heavy atom. The Morgan fingerprint density at radius 3 is 2.33 bits per heavy atom. The Kier molecular flexibility index (Phi) is 7.36. The van der Waals surface area contributed by atoms with Crippen molar-refractivity contribution < 1.29 is 25.2 Å². The van der Waals surface area contributed by atoms with Crippen LogP contribution in [0.2, 0.25) is 0 Å². The van der Waals surface area contributed by atoms with E-state index in [1.165, 1.54) is 0 Å². The number of hydrogen-bond acceptors (Lipinski definition) is 6. The molecule has 7 nitrogen and oxygen atoms in total. The molecule has 2 rings (SSSR count). The third-order valence-corrected chi connectivity index (χ3v) is 5.02. The van der Waals surface area contributed by atoms with E-state index in [1.807, 2.05) is 49.9 Å². The van der Waals surface area contributed by atoms with E-state index in [-0.39, 0.29) is 19.1 Å². The molecule has 152 valence electrons. The number of anilines is 1.